The molecule has 15 heavy (non-hydrogen) atoms. The van der Waals surface area contributed by atoms with Crippen molar-refractivity contribution in [2.75, 3.05) is 6.54 Å². The third kappa shape index (κ3) is 2.99. The summed E-state index contributed by atoms with van der Waals surface area (Å²) in [7, 11) is 0. The first kappa shape index (κ1) is 12.1. The second-order valence-electron chi connectivity index (χ2n) is 3.56. The molecule has 0 aliphatic rings. The van der Waals surface area contributed by atoms with Crippen molar-refractivity contribution in [1.82, 2.24) is 5.32 Å². The molecule has 0 saturated carbocycles. The zero-order chi connectivity index (χ0) is 11.3. The lowest BCUT2D eigenvalue weighted by Gasteiger charge is -2.17. The fourth-order valence-corrected chi connectivity index (χ4v) is 1.58. The Kier molecular flexibility index (Phi) is 4.69. The number of rotatable bonds is 5. The summed E-state index contributed by atoms with van der Waals surface area (Å²) < 4.78 is 26.4. The van der Waals surface area contributed by atoms with E-state index in [0.717, 1.165) is 25.5 Å². The zero-order valence-corrected chi connectivity index (χ0v) is 9.19. The molecule has 1 N–H and O–H groups in total. The molecule has 0 fully saturated rings. The highest BCUT2D eigenvalue weighted by atomic mass is 19.2. The lowest BCUT2D eigenvalue weighted by Crippen LogP contribution is -2.22. The van der Waals surface area contributed by atoms with Crippen molar-refractivity contribution in [1.29, 1.82) is 0 Å². The molecule has 1 rings (SSSR count). The van der Waals surface area contributed by atoms with Crippen LogP contribution in [0.25, 0.3) is 0 Å². The van der Waals surface area contributed by atoms with E-state index in [1.54, 1.807) is 12.1 Å². The van der Waals surface area contributed by atoms with Crippen molar-refractivity contribution in [3.63, 3.8) is 0 Å². The number of nitrogens with one attached hydrogen (secondary N) is 1. The Labute approximate surface area is 89.5 Å². The van der Waals surface area contributed by atoms with Gasteiger partial charge in [0.2, 0.25) is 0 Å². The summed E-state index contributed by atoms with van der Waals surface area (Å²) in [5.41, 5.74) is 0.422. The molecule has 0 aromatic heterocycles. The van der Waals surface area contributed by atoms with E-state index < -0.39 is 11.6 Å². The highest BCUT2D eigenvalue weighted by Gasteiger charge is 2.15. The molecule has 0 aliphatic carbocycles. The second kappa shape index (κ2) is 5.81. The van der Waals surface area contributed by atoms with Gasteiger partial charge in [0, 0.05) is 11.6 Å². The van der Waals surface area contributed by atoms with Gasteiger partial charge in [-0.2, -0.15) is 0 Å². The van der Waals surface area contributed by atoms with Crippen molar-refractivity contribution >= 4 is 0 Å². The van der Waals surface area contributed by atoms with E-state index in [1.165, 1.54) is 0 Å². The van der Waals surface area contributed by atoms with Gasteiger partial charge >= 0.3 is 0 Å². The van der Waals surface area contributed by atoms with Gasteiger partial charge in [-0.3, -0.25) is 0 Å². The van der Waals surface area contributed by atoms with Crippen LogP contribution in [0.3, 0.4) is 0 Å². The maximum absolute atomic E-state index is 13.5. The molecule has 1 aromatic rings. The molecule has 1 atom stereocenters. The third-order valence-electron chi connectivity index (χ3n) is 2.41. The second-order valence-corrected chi connectivity index (χ2v) is 3.56. The predicted molar refractivity (Wildman–Crippen MR) is 57.7 cm³/mol. The van der Waals surface area contributed by atoms with E-state index in [-0.39, 0.29) is 6.04 Å². The largest absolute Gasteiger partial charge is 0.310 e. The lowest BCUT2D eigenvalue weighted by molar-refractivity contribution is 0.454. The van der Waals surface area contributed by atoms with Gasteiger partial charge in [0.05, 0.1) is 0 Å². The average Bonchev–Trinajstić information content (AvgIpc) is 2.25. The van der Waals surface area contributed by atoms with Crippen LogP contribution in [0.2, 0.25) is 0 Å². The molecule has 0 spiro atoms. The number of hydrogen-bond acceptors (Lipinski definition) is 1. The topological polar surface area (TPSA) is 12.0 Å². The smallest absolute Gasteiger partial charge is 0.163 e. The molecule has 1 nitrogen and oxygen atoms in total. The molecular weight excluding hydrogens is 196 g/mol. The Morgan fingerprint density at radius 2 is 2.00 bits per heavy atom. The van der Waals surface area contributed by atoms with Crippen molar-refractivity contribution in [2.45, 2.75) is 32.7 Å². The summed E-state index contributed by atoms with van der Waals surface area (Å²) >= 11 is 0. The number of halogens is 2. The Balaban J connectivity index is 2.86. The summed E-state index contributed by atoms with van der Waals surface area (Å²) in [5, 5.41) is 3.20. The van der Waals surface area contributed by atoms with Crippen LogP contribution < -0.4 is 5.32 Å². The minimum atomic E-state index is -0.774. The van der Waals surface area contributed by atoms with E-state index in [1.807, 2.05) is 13.8 Å². The molecule has 3 heteroatoms. The standard InChI is InChI=1S/C12H17F2N/c1-3-8-15-11(4-2)9-6-5-7-10(13)12(9)14/h5-7,11,15H,3-4,8H2,1-2H3. The SMILES string of the molecule is CCCNC(CC)c1cccc(F)c1F. The quantitative estimate of drug-likeness (QED) is 0.790. The Morgan fingerprint density at radius 3 is 2.60 bits per heavy atom. The molecule has 84 valence electrons. The molecule has 0 radical (unpaired) electrons. The van der Waals surface area contributed by atoms with Gasteiger partial charge in [-0.1, -0.05) is 26.0 Å². The van der Waals surface area contributed by atoms with Crippen LogP contribution in [0.4, 0.5) is 8.78 Å². The summed E-state index contributed by atoms with van der Waals surface area (Å²) in [6, 6.07) is 4.23. The number of benzene rings is 1. The number of hydrogen-bond donors (Lipinski definition) is 1. The molecule has 1 aromatic carbocycles. The predicted octanol–water partition coefficient (Wildman–Crippen LogP) is 3.42. The molecule has 0 heterocycles. The molecule has 1 unspecified atom stereocenters. The van der Waals surface area contributed by atoms with Gasteiger partial charge in [0.15, 0.2) is 11.6 Å². The zero-order valence-electron chi connectivity index (χ0n) is 9.19. The van der Waals surface area contributed by atoms with E-state index in [0.29, 0.717) is 5.56 Å². The Bertz CT molecular complexity index is 312. The van der Waals surface area contributed by atoms with Crippen molar-refractivity contribution in [3.05, 3.63) is 35.4 Å². The summed E-state index contributed by atoms with van der Waals surface area (Å²) in [6.45, 7) is 4.81. The van der Waals surface area contributed by atoms with Gasteiger partial charge in [-0.05, 0) is 25.5 Å². The lowest BCUT2D eigenvalue weighted by atomic mass is 10.0. The highest BCUT2D eigenvalue weighted by molar-refractivity contribution is 5.22. The third-order valence-corrected chi connectivity index (χ3v) is 2.41. The van der Waals surface area contributed by atoms with Crippen LogP contribution in [-0.2, 0) is 0 Å². The van der Waals surface area contributed by atoms with Crippen molar-refractivity contribution < 1.29 is 8.78 Å². The Hall–Kier alpha value is -0.960. The van der Waals surface area contributed by atoms with E-state index in [2.05, 4.69) is 5.32 Å². The first-order chi connectivity index (χ1) is 7.20. The fraction of sp³-hybridized carbons (Fsp3) is 0.500. The van der Waals surface area contributed by atoms with Crippen molar-refractivity contribution in [3.8, 4) is 0 Å². The molecular formula is C12H17F2N. The van der Waals surface area contributed by atoms with Crippen LogP contribution in [0.15, 0.2) is 18.2 Å². The van der Waals surface area contributed by atoms with Gasteiger partial charge < -0.3 is 5.32 Å². The van der Waals surface area contributed by atoms with Crippen LogP contribution in [0.5, 0.6) is 0 Å². The normalized spacial score (nSPS) is 12.8. The van der Waals surface area contributed by atoms with E-state index >= 15 is 0 Å². The minimum Gasteiger partial charge on any atom is -0.310 e. The van der Waals surface area contributed by atoms with Gasteiger partial charge in [0.1, 0.15) is 0 Å². The molecule has 0 saturated heterocycles. The first-order valence-corrected chi connectivity index (χ1v) is 5.38. The molecule has 0 amide bonds. The van der Waals surface area contributed by atoms with Gasteiger partial charge in [-0.25, -0.2) is 8.78 Å². The summed E-state index contributed by atoms with van der Waals surface area (Å²) in [5.74, 6) is -1.50. The van der Waals surface area contributed by atoms with E-state index in [4.69, 9.17) is 0 Å². The maximum Gasteiger partial charge on any atom is 0.163 e. The summed E-state index contributed by atoms with van der Waals surface area (Å²) in [4.78, 5) is 0. The van der Waals surface area contributed by atoms with Gasteiger partial charge in [0.25, 0.3) is 0 Å². The monoisotopic (exact) mass is 213 g/mol. The minimum absolute atomic E-state index is 0.0966. The van der Waals surface area contributed by atoms with Crippen LogP contribution >= 0.6 is 0 Å². The molecule has 0 aliphatic heterocycles. The van der Waals surface area contributed by atoms with Crippen molar-refractivity contribution in [2.24, 2.45) is 0 Å². The first-order valence-electron chi connectivity index (χ1n) is 5.38. The Morgan fingerprint density at radius 1 is 1.27 bits per heavy atom. The van der Waals surface area contributed by atoms with Gasteiger partial charge in [-0.15, -0.1) is 0 Å². The average molecular weight is 213 g/mol. The van der Waals surface area contributed by atoms with Crippen LogP contribution in [-0.4, -0.2) is 6.54 Å². The highest BCUT2D eigenvalue weighted by Crippen LogP contribution is 2.21. The summed E-state index contributed by atoms with van der Waals surface area (Å²) in [6.07, 6.45) is 1.73. The van der Waals surface area contributed by atoms with Crippen LogP contribution in [0.1, 0.15) is 38.3 Å². The maximum atomic E-state index is 13.5. The van der Waals surface area contributed by atoms with Crippen LogP contribution in [0, 0.1) is 11.6 Å². The fourth-order valence-electron chi connectivity index (χ4n) is 1.58. The molecule has 0 bridgehead atoms. The van der Waals surface area contributed by atoms with E-state index in [9.17, 15) is 8.78 Å².